The minimum absolute atomic E-state index is 0.0456. The molecule has 0 saturated carbocycles. The van der Waals surface area contributed by atoms with Crippen LogP contribution < -0.4 is 10.5 Å². The molecule has 0 heterocycles. The van der Waals surface area contributed by atoms with E-state index in [9.17, 15) is 4.79 Å². The highest BCUT2D eigenvalue weighted by molar-refractivity contribution is 5.90. The van der Waals surface area contributed by atoms with Crippen LogP contribution in [0.15, 0.2) is 54.6 Å². The first-order valence-electron chi connectivity index (χ1n) is 7.21. The van der Waals surface area contributed by atoms with E-state index in [-0.39, 0.29) is 5.41 Å². The highest BCUT2D eigenvalue weighted by atomic mass is 16.5. The lowest BCUT2D eigenvalue weighted by Crippen LogP contribution is -2.12. The van der Waals surface area contributed by atoms with Crippen LogP contribution in [0.25, 0.3) is 6.08 Å². The zero-order valence-corrected chi connectivity index (χ0v) is 13.2. The molecule has 0 aliphatic heterocycles. The maximum atomic E-state index is 10.9. The van der Waals surface area contributed by atoms with Crippen LogP contribution in [0.1, 0.15) is 31.9 Å². The van der Waals surface area contributed by atoms with Gasteiger partial charge in [-0.2, -0.15) is 0 Å². The van der Waals surface area contributed by atoms with E-state index < -0.39 is 5.91 Å². The summed E-state index contributed by atoms with van der Waals surface area (Å²) in [4.78, 5) is 10.9. The summed E-state index contributed by atoms with van der Waals surface area (Å²) in [7, 11) is 0. The van der Waals surface area contributed by atoms with Gasteiger partial charge in [0.1, 0.15) is 11.5 Å². The highest BCUT2D eigenvalue weighted by Gasteiger charge is 2.19. The number of carbonyl (C=O) groups excluding carboxylic acids is 1. The molecule has 2 aromatic carbocycles. The molecule has 0 aliphatic rings. The molecule has 22 heavy (non-hydrogen) atoms. The van der Waals surface area contributed by atoms with Gasteiger partial charge in [-0.25, -0.2) is 0 Å². The molecule has 2 rings (SSSR count). The predicted octanol–water partition coefficient (Wildman–Crippen LogP) is 4.27. The Hall–Kier alpha value is -2.55. The monoisotopic (exact) mass is 295 g/mol. The van der Waals surface area contributed by atoms with Crippen molar-refractivity contribution in [2.45, 2.75) is 26.2 Å². The molecule has 0 aromatic heterocycles. The molecule has 0 saturated heterocycles. The lowest BCUT2D eigenvalue weighted by Gasteiger charge is -2.23. The van der Waals surface area contributed by atoms with Gasteiger partial charge >= 0.3 is 0 Å². The van der Waals surface area contributed by atoms with Gasteiger partial charge in [-0.1, -0.05) is 51.1 Å². The van der Waals surface area contributed by atoms with Crippen molar-refractivity contribution in [3.63, 3.8) is 0 Å². The molecule has 3 nitrogen and oxygen atoms in total. The number of para-hydroxylation sites is 1. The number of benzene rings is 2. The summed E-state index contributed by atoms with van der Waals surface area (Å²) in [5.74, 6) is 1.10. The Morgan fingerprint density at radius 2 is 1.77 bits per heavy atom. The molecule has 1 amide bonds. The highest BCUT2D eigenvalue weighted by Crippen LogP contribution is 2.35. The van der Waals surface area contributed by atoms with E-state index >= 15 is 0 Å². The minimum Gasteiger partial charge on any atom is -0.457 e. The summed E-state index contributed by atoms with van der Waals surface area (Å²) in [5.41, 5.74) is 7.08. The van der Waals surface area contributed by atoms with Gasteiger partial charge in [0.05, 0.1) is 0 Å². The topological polar surface area (TPSA) is 52.3 Å². The van der Waals surface area contributed by atoms with Crippen molar-refractivity contribution in [2.75, 3.05) is 0 Å². The lowest BCUT2D eigenvalue weighted by molar-refractivity contribution is -0.113. The van der Waals surface area contributed by atoms with Crippen LogP contribution in [0.4, 0.5) is 0 Å². The van der Waals surface area contributed by atoms with Crippen molar-refractivity contribution >= 4 is 12.0 Å². The number of nitrogens with two attached hydrogens (primary N) is 1. The van der Waals surface area contributed by atoms with Gasteiger partial charge in [-0.3, -0.25) is 4.79 Å². The van der Waals surface area contributed by atoms with E-state index in [4.69, 9.17) is 10.5 Å². The molecular weight excluding hydrogens is 274 g/mol. The van der Waals surface area contributed by atoms with Crippen LogP contribution in [-0.2, 0) is 10.2 Å². The van der Waals surface area contributed by atoms with Gasteiger partial charge in [0.2, 0.25) is 5.91 Å². The van der Waals surface area contributed by atoms with Gasteiger partial charge in [-0.15, -0.1) is 0 Å². The molecule has 0 atom stereocenters. The number of ether oxygens (including phenoxy) is 1. The zero-order valence-electron chi connectivity index (χ0n) is 13.2. The Labute approximate surface area is 131 Å². The first-order valence-corrected chi connectivity index (χ1v) is 7.21. The molecule has 0 unspecified atom stereocenters. The number of carbonyl (C=O) groups is 1. The molecule has 0 radical (unpaired) electrons. The summed E-state index contributed by atoms with van der Waals surface area (Å²) < 4.78 is 6.03. The Bertz CT molecular complexity index is 682. The van der Waals surface area contributed by atoms with E-state index in [1.54, 1.807) is 6.08 Å². The predicted molar refractivity (Wildman–Crippen MR) is 89.9 cm³/mol. The van der Waals surface area contributed by atoms with Gasteiger partial charge in [-0.05, 0) is 35.3 Å². The van der Waals surface area contributed by atoms with Crippen molar-refractivity contribution in [2.24, 2.45) is 5.73 Å². The fourth-order valence-electron chi connectivity index (χ4n) is 2.14. The first-order chi connectivity index (χ1) is 10.4. The molecule has 3 heteroatoms. The van der Waals surface area contributed by atoms with Crippen LogP contribution in [0.5, 0.6) is 11.5 Å². The molecular formula is C19H21NO2. The van der Waals surface area contributed by atoms with E-state index in [1.165, 1.54) is 6.08 Å². The first kappa shape index (κ1) is 15.8. The number of hydrogen-bond acceptors (Lipinski definition) is 2. The Morgan fingerprint density at radius 1 is 1.09 bits per heavy atom. The van der Waals surface area contributed by atoms with Gasteiger partial charge in [0.25, 0.3) is 0 Å². The van der Waals surface area contributed by atoms with E-state index in [1.807, 2.05) is 48.5 Å². The van der Waals surface area contributed by atoms with Gasteiger partial charge < -0.3 is 10.5 Å². The van der Waals surface area contributed by atoms with Crippen LogP contribution in [-0.4, -0.2) is 5.91 Å². The van der Waals surface area contributed by atoms with E-state index in [2.05, 4.69) is 20.8 Å². The second kappa shape index (κ2) is 6.48. The normalized spacial score (nSPS) is 11.6. The minimum atomic E-state index is -0.467. The fourth-order valence-corrected chi connectivity index (χ4v) is 2.14. The number of amides is 1. The van der Waals surface area contributed by atoms with Crippen molar-refractivity contribution in [3.8, 4) is 11.5 Å². The van der Waals surface area contributed by atoms with E-state index in [0.717, 1.165) is 22.6 Å². The molecule has 0 spiro atoms. The average Bonchev–Trinajstić information content (AvgIpc) is 2.45. The number of hydrogen-bond donors (Lipinski definition) is 1. The summed E-state index contributed by atoms with van der Waals surface area (Å²) >= 11 is 0. The van der Waals surface area contributed by atoms with Crippen molar-refractivity contribution < 1.29 is 9.53 Å². The van der Waals surface area contributed by atoms with Gasteiger partial charge in [0.15, 0.2) is 0 Å². The smallest absolute Gasteiger partial charge is 0.241 e. The number of primary amides is 1. The van der Waals surface area contributed by atoms with Crippen LogP contribution in [0, 0.1) is 0 Å². The molecule has 2 N–H and O–H groups in total. The molecule has 2 aromatic rings. The molecule has 0 bridgehead atoms. The van der Waals surface area contributed by atoms with Crippen LogP contribution >= 0.6 is 0 Å². The maximum Gasteiger partial charge on any atom is 0.241 e. The largest absolute Gasteiger partial charge is 0.457 e. The summed E-state index contributed by atoms with van der Waals surface area (Å²) in [6.45, 7) is 6.41. The quantitative estimate of drug-likeness (QED) is 0.856. The second-order valence-corrected chi connectivity index (χ2v) is 6.16. The standard InChI is InChI=1S/C19H21NO2/c1-19(2,3)16-11-9-14(10-12-18(20)21)13-17(16)22-15-7-5-4-6-8-15/h4-13H,1-3H3,(H2,20,21). The van der Waals surface area contributed by atoms with E-state index in [0.29, 0.717) is 0 Å². The third-order valence-corrected chi connectivity index (χ3v) is 3.22. The Balaban J connectivity index is 2.42. The van der Waals surface area contributed by atoms with Crippen LogP contribution in [0.3, 0.4) is 0 Å². The molecule has 114 valence electrons. The lowest BCUT2D eigenvalue weighted by atomic mass is 9.85. The second-order valence-electron chi connectivity index (χ2n) is 6.16. The SMILES string of the molecule is CC(C)(C)c1ccc(C=CC(N)=O)cc1Oc1ccccc1. The third kappa shape index (κ3) is 4.22. The van der Waals surface area contributed by atoms with Crippen LogP contribution in [0.2, 0.25) is 0 Å². The maximum absolute atomic E-state index is 10.9. The van der Waals surface area contributed by atoms with Crippen molar-refractivity contribution in [3.05, 3.63) is 65.7 Å². The summed E-state index contributed by atoms with van der Waals surface area (Å²) in [5, 5.41) is 0. The number of rotatable bonds is 4. The Morgan fingerprint density at radius 3 is 2.36 bits per heavy atom. The summed E-state index contributed by atoms with van der Waals surface area (Å²) in [6, 6.07) is 15.6. The van der Waals surface area contributed by atoms with Crippen molar-refractivity contribution in [1.82, 2.24) is 0 Å². The van der Waals surface area contributed by atoms with Gasteiger partial charge in [0, 0.05) is 11.6 Å². The zero-order chi connectivity index (χ0) is 16.2. The average molecular weight is 295 g/mol. The molecule has 0 aliphatic carbocycles. The summed E-state index contributed by atoms with van der Waals surface area (Å²) in [6.07, 6.45) is 3.03. The Kier molecular flexibility index (Phi) is 4.66. The fraction of sp³-hybridized carbons (Fsp3) is 0.211. The molecule has 0 fully saturated rings. The van der Waals surface area contributed by atoms with Crippen molar-refractivity contribution in [1.29, 1.82) is 0 Å². The third-order valence-electron chi connectivity index (χ3n) is 3.22.